The van der Waals surface area contributed by atoms with Gasteiger partial charge in [-0.2, -0.15) is 0 Å². The Kier molecular flexibility index (Phi) is 4.23. The van der Waals surface area contributed by atoms with Crippen LogP contribution < -0.4 is 0 Å². The normalized spacial score (nSPS) is 10.2. The fraction of sp³-hybridized carbons (Fsp3) is 0.364. The van der Waals surface area contributed by atoms with Crippen LogP contribution in [0, 0.1) is 6.92 Å². The van der Waals surface area contributed by atoms with E-state index in [1.165, 1.54) is 22.6 Å². The third-order valence-corrected chi connectivity index (χ3v) is 3.03. The van der Waals surface area contributed by atoms with Gasteiger partial charge in [-0.3, -0.25) is 0 Å². The van der Waals surface area contributed by atoms with E-state index < -0.39 is 0 Å². The molecule has 0 aliphatic heterocycles. The van der Waals surface area contributed by atoms with Gasteiger partial charge in [0.05, 0.1) is 0 Å². The van der Waals surface area contributed by atoms with Crippen LogP contribution in [0.25, 0.3) is 0 Å². The molecular weight excluding hydrogens is 164 g/mol. The van der Waals surface area contributed by atoms with Crippen molar-refractivity contribution in [2.45, 2.75) is 24.7 Å². The van der Waals surface area contributed by atoms with Gasteiger partial charge >= 0.3 is 0 Å². The van der Waals surface area contributed by atoms with Gasteiger partial charge < -0.3 is 0 Å². The third kappa shape index (κ3) is 2.56. The molecule has 0 aliphatic carbocycles. The van der Waals surface area contributed by atoms with E-state index in [1.807, 2.05) is 11.8 Å². The van der Waals surface area contributed by atoms with Crippen LogP contribution in [0.2, 0.25) is 0 Å². The van der Waals surface area contributed by atoms with Crippen LogP contribution in [-0.2, 0) is 6.42 Å². The molecule has 1 aromatic rings. The molecule has 0 nitrogen and oxygen atoms in total. The Balaban J connectivity index is 2.68. The molecule has 0 aliphatic rings. The second kappa shape index (κ2) is 5.26. The zero-order valence-electron chi connectivity index (χ0n) is 7.55. The number of benzene rings is 1. The Hall–Kier alpha value is -0.430. The summed E-state index contributed by atoms with van der Waals surface area (Å²) >= 11 is 1.93. The van der Waals surface area contributed by atoms with Gasteiger partial charge in [-0.25, -0.2) is 0 Å². The van der Waals surface area contributed by atoms with E-state index >= 15 is 0 Å². The van der Waals surface area contributed by atoms with E-state index in [-0.39, 0.29) is 0 Å². The molecule has 1 aromatic carbocycles. The highest BCUT2D eigenvalue weighted by molar-refractivity contribution is 7.99. The van der Waals surface area contributed by atoms with E-state index in [0.717, 1.165) is 6.42 Å². The maximum absolute atomic E-state index is 3.91. The Morgan fingerprint density at radius 3 is 2.75 bits per heavy atom. The minimum atomic E-state index is 0.896. The van der Waals surface area contributed by atoms with Crippen molar-refractivity contribution < 1.29 is 0 Å². The summed E-state index contributed by atoms with van der Waals surface area (Å²) < 4.78 is 0. The second-order valence-corrected chi connectivity index (χ2v) is 3.84. The molecule has 0 amide bonds. The Morgan fingerprint density at radius 1 is 1.33 bits per heavy atom. The SMILES string of the molecule is [CH2]Cc1ccccc1SCCC. The van der Waals surface area contributed by atoms with Crippen molar-refractivity contribution in [2.75, 3.05) is 5.75 Å². The molecule has 0 atom stereocenters. The zero-order valence-corrected chi connectivity index (χ0v) is 8.36. The largest absolute Gasteiger partial charge is 0.126 e. The molecule has 0 unspecified atom stereocenters. The molecule has 0 aromatic heterocycles. The molecule has 1 heteroatoms. The van der Waals surface area contributed by atoms with Gasteiger partial charge in [-0.15, -0.1) is 11.8 Å². The molecule has 0 saturated carbocycles. The minimum Gasteiger partial charge on any atom is -0.126 e. The number of rotatable bonds is 4. The Labute approximate surface area is 79.4 Å². The predicted octanol–water partition coefficient (Wildman–Crippen LogP) is 3.57. The van der Waals surface area contributed by atoms with Crippen molar-refractivity contribution >= 4 is 11.8 Å². The molecule has 0 heterocycles. The fourth-order valence-corrected chi connectivity index (χ4v) is 2.02. The average molecular weight is 179 g/mol. The van der Waals surface area contributed by atoms with Crippen molar-refractivity contribution in [1.29, 1.82) is 0 Å². The summed E-state index contributed by atoms with van der Waals surface area (Å²) in [4.78, 5) is 1.40. The Morgan fingerprint density at radius 2 is 2.08 bits per heavy atom. The molecule has 0 fully saturated rings. The lowest BCUT2D eigenvalue weighted by molar-refractivity contribution is 1.10. The molecule has 0 bridgehead atoms. The summed E-state index contributed by atoms with van der Waals surface area (Å²) in [7, 11) is 0. The van der Waals surface area contributed by atoms with Crippen LogP contribution in [0.15, 0.2) is 29.2 Å². The lowest BCUT2D eigenvalue weighted by Crippen LogP contribution is -1.85. The van der Waals surface area contributed by atoms with Gasteiger partial charge in [0.25, 0.3) is 0 Å². The summed E-state index contributed by atoms with van der Waals surface area (Å²) in [6, 6.07) is 8.51. The van der Waals surface area contributed by atoms with Gasteiger partial charge in [-0.05, 0) is 37.1 Å². The quantitative estimate of drug-likeness (QED) is 0.637. The molecular formula is C11H15S. The summed E-state index contributed by atoms with van der Waals surface area (Å²) in [5, 5.41) is 0. The van der Waals surface area contributed by atoms with Crippen molar-refractivity contribution in [1.82, 2.24) is 0 Å². The molecule has 1 radical (unpaired) electrons. The van der Waals surface area contributed by atoms with Crippen molar-refractivity contribution in [3.8, 4) is 0 Å². The smallest absolute Gasteiger partial charge is 0.0104 e. The van der Waals surface area contributed by atoms with Gasteiger partial charge in [-0.1, -0.05) is 25.1 Å². The van der Waals surface area contributed by atoms with Gasteiger partial charge in [0.1, 0.15) is 0 Å². The van der Waals surface area contributed by atoms with Crippen LogP contribution in [0.4, 0.5) is 0 Å². The van der Waals surface area contributed by atoms with Crippen LogP contribution in [0.1, 0.15) is 18.9 Å². The monoisotopic (exact) mass is 179 g/mol. The average Bonchev–Trinajstić information content (AvgIpc) is 2.15. The standard InChI is InChI=1S/C11H15S/c1-3-9-12-11-8-6-5-7-10(11)4-2/h5-8H,2-4,9H2,1H3. The number of hydrogen-bond donors (Lipinski definition) is 0. The van der Waals surface area contributed by atoms with E-state index in [4.69, 9.17) is 0 Å². The third-order valence-electron chi connectivity index (χ3n) is 1.70. The van der Waals surface area contributed by atoms with E-state index in [2.05, 4.69) is 38.1 Å². The molecule has 0 N–H and O–H groups in total. The zero-order chi connectivity index (χ0) is 8.81. The fourth-order valence-electron chi connectivity index (χ4n) is 1.06. The lowest BCUT2D eigenvalue weighted by atomic mass is 10.2. The van der Waals surface area contributed by atoms with Crippen molar-refractivity contribution in [3.63, 3.8) is 0 Å². The molecule has 0 saturated heterocycles. The highest BCUT2D eigenvalue weighted by atomic mass is 32.2. The first kappa shape index (κ1) is 9.66. The maximum atomic E-state index is 3.91. The van der Waals surface area contributed by atoms with Crippen LogP contribution in [0.5, 0.6) is 0 Å². The summed E-state index contributed by atoms with van der Waals surface area (Å²) in [6.45, 7) is 6.12. The molecule has 0 spiro atoms. The first-order chi connectivity index (χ1) is 5.88. The number of thioether (sulfide) groups is 1. The summed E-state index contributed by atoms with van der Waals surface area (Å²) in [5.41, 5.74) is 1.37. The summed E-state index contributed by atoms with van der Waals surface area (Å²) in [6.07, 6.45) is 2.13. The summed E-state index contributed by atoms with van der Waals surface area (Å²) in [5.74, 6) is 1.21. The minimum absolute atomic E-state index is 0.896. The lowest BCUT2D eigenvalue weighted by Gasteiger charge is -2.05. The highest BCUT2D eigenvalue weighted by Gasteiger charge is 1.98. The van der Waals surface area contributed by atoms with Gasteiger partial charge in [0.15, 0.2) is 0 Å². The predicted molar refractivity (Wildman–Crippen MR) is 56.5 cm³/mol. The van der Waals surface area contributed by atoms with Crippen LogP contribution in [-0.4, -0.2) is 5.75 Å². The van der Waals surface area contributed by atoms with Crippen LogP contribution >= 0.6 is 11.8 Å². The van der Waals surface area contributed by atoms with Crippen LogP contribution in [0.3, 0.4) is 0 Å². The van der Waals surface area contributed by atoms with E-state index in [1.54, 1.807) is 0 Å². The first-order valence-corrected chi connectivity index (χ1v) is 5.37. The van der Waals surface area contributed by atoms with E-state index in [0.29, 0.717) is 0 Å². The van der Waals surface area contributed by atoms with Gasteiger partial charge in [0.2, 0.25) is 0 Å². The van der Waals surface area contributed by atoms with E-state index in [9.17, 15) is 0 Å². The topological polar surface area (TPSA) is 0 Å². The highest BCUT2D eigenvalue weighted by Crippen LogP contribution is 2.23. The van der Waals surface area contributed by atoms with Gasteiger partial charge in [0, 0.05) is 4.90 Å². The Bertz CT molecular complexity index is 230. The first-order valence-electron chi connectivity index (χ1n) is 4.38. The van der Waals surface area contributed by atoms with Crippen molar-refractivity contribution in [3.05, 3.63) is 36.8 Å². The molecule has 65 valence electrons. The van der Waals surface area contributed by atoms with Crippen molar-refractivity contribution in [2.24, 2.45) is 0 Å². The number of hydrogen-bond acceptors (Lipinski definition) is 1. The second-order valence-electron chi connectivity index (χ2n) is 2.71. The maximum Gasteiger partial charge on any atom is 0.0104 e. The molecule has 12 heavy (non-hydrogen) atoms. The molecule has 1 rings (SSSR count).